The van der Waals surface area contributed by atoms with Crippen LogP contribution in [0.25, 0.3) is 117 Å². The third-order valence-electron chi connectivity index (χ3n) is 25.5. The van der Waals surface area contributed by atoms with Crippen molar-refractivity contribution in [1.82, 2.24) is 19.5 Å². The molecule has 0 aliphatic carbocycles. The summed E-state index contributed by atoms with van der Waals surface area (Å²) in [6, 6.07) is 116. The maximum absolute atomic E-state index is 5.83. The van der Waals surface area contributed by atoms with E-state index in [0.717, 1.165) is 112 Å². The summed E-state index contributed by atoms with van der Waals surface area (Å²) in [5, 5.41) is 2.49. The van der Waals surface area contributed by atoms with Gasteiger partial charge in [0, 0.05) is 72.6 Å². The van der Waals surface area contributed by atoms with Gasteiger partial charge in [-0.05, 0) is 211 Å². The van der Waals surface area contributed by atoms with Gasteiger partial charge in [-0.2, -0.15) is 0 Å². The summed E-state index contributed by atoms with van der Waals surface area (Å²) >= 11 is 0. The van der Waals surface area contributed by atoms with Crippen LogP contribution in [0, 0.1) is 0 Å². The van der Waals surface area contributed by atoms with Gasteiger partial charge in [-0.1, -0.05) is 370 Å². The minimum Gasteiger partial charge on any atom is -0.310 e. The smallest absolute Gasteiger partial charge is 0.252 e. The molecule has 122 heavy (non-hydrogen) atoms. The van der Waals surface area contributed by atoms with Gasteiger partial charge in [0.1, 0.15) is 0 Å². The van der Waals surface area contributed by atoms with Crippen molar-refractivity contribution in [2.24, 2.45) is 0 Å². The number of fused-ring (bicyclic) bond motifs is 7. The third-order valence-corrected chi connectivity index (χ3v) is 25.5. The van der Waals surface area contributed by atoms with Crippen molar-refractivity contribution >= 4 is 79.0 Å². The van der Waals surface area contributed by atoms with Crippen molar-refractivity contribution in [3.63, 3.8) is 0 Å². The van der Waals surface area contributed by atoms with Gasteiger partial charge in [0.15, 0.2) is 17.5 Å². The molecule has 0 fully saturated rings. The van der Waals surface area contributed by atoms with Crippen LogP contribution >= 0.6 is 0 Å². The van der Waals surface area contributed by atoms with Crippen LogP contribution in [0.2, 0.25) is 0 Å². The Labute approximate surface area is 724 Å². The van der Waals surface area contributed by atoms with Crippen LogP contribution in [-0.4, -0.2) is 26.2 Å². The Morgan fingerprint density at radius 3 is 0.959 bits per heavy atom. The molecule has 6 nitrogen and oxygen atoms in total. The van der Waals surface area contributed by atoms with Crippen LogP contribution in [-0.2, 0) is 37.9 Å². The van der Waals surface area contributed by atoms with Crippen molar-refractivity contribution in [3.8, 4) is 95.5 Å². The van der Waals surface area contributed by atoms with E-state index < -0.39 is 0 Å². The summed E-state index contributed by atoms with van der Waals surface area (Å²) in [6.07, 6.45) is 0. The van der Waals surface area contributed by atoms with E-state index in [9.17, 15) is 0 Å². The van der Waals surface area contributed by atoms with Gasteiger partial charge >= 0.3 is 0 Å². The first-order valence-corrected chi connectivity index (χ1v) is 43.7. The first-order chi connectivity index (χ1) is 57.9. The summed E-state index contributed by atoms with van der Waals surface area (Å²) in [5.41, 5.74) is 34.7. The van der Waals surface area contributed by atoms with E-state index in [0.29, 0.717) is 17.5 Å². The monoisotopic (exact) mass is 1590 g/mol. The molecule has 0 bridgehead atoms. The average molecular weight is 1590 g/mol. The molecule has 4 heterocycles. The molecule has 0 radical (unpaired) electrons. The van der Waals surface area contributed by atoms with E-state index >= 15 is 0 Å². The van der Waals surface area contributed by atoms with Gasteiger partial charge in [-0.25, -0.2) is 15.0 Å². The standard InChI is InChI=1S/C115H113BN6/c1-109(2,3)81-49-37-48-77(58-81)80-62-101-103-102(63-80)122(104-89(72-38-27-22-28-39-72)67-86(114(16,17)18)68-90(104)73-40-29-23-30-41-73)100-71-88(120-97-56-51-82(110(4,5)6)65-92(97)93-66-83(111(7,8)9)52-57-98(93)120)53-55-96(100)116(103)95-54-50-78(79-59-84(112(10,11)12)64-85(60-79)113(13,14)15)61-99(95)121(101)105-91(74-42-31-24-32-43-74)69-87(115(19,20)21)70-94(105)108-118-106(75-44-33-25-34-45-75)117-107(119-108)76-46-35-26-36-47-76/h22-71H,1-21H3. The van der Waals surface area contributed by atoms with Crippen molar-refractivity contribution < 1.29 is 0 Å². The van der Waals surface area contributed by atoms with Crippen LogP contribution in [0.15, 0.2) is 303 Å². The molecule has 18 rings (SSSR count). The average Bonchev–Trinajstić information content (AvgIpc) is 0.704. The number of nitrogens with zero attached hydrogens (tertiary/aromatic N) is 6. The summed E-state index contributed by atoms with van der Waals surface area (Å²) in [7, 11) is 0. The zero-order chi connectivity index (χ0) is 85.6. The first-order valence-electron chi connectivity index (χ1n) is 43.7. The lowest BCUT2D eigenvalue weighted by Crippen LogP contribution is -2.61. The molecule has 0 saturated carbocycles. The topological polar surface area (TPSA) is 50.1 Å². The van der Waals surface area contributed by atoms with Crippen molar-refractivity contribution in [2.75, 3.05) is 9.80 Å². The highest BCUT2D eigenvalue weighted by Gasteiger charge is 2.47. The molecule has 0 atom stereocenters. The highest BCUT2D eigenvalue weighted by molar-refractivity contribution is 7.00. The van der Waals surface area contributed by atoms with Gasteiger partial charge in [0.2, 0.25) is 0 Å². The number of hydrogen-bond acceptors (Lipinski definition) is 5. The Hall–Kier alpha value is -12.4. The number of hydrogen-bond donors (Lipinski definition) is 0. The lowest BCUT2D eigenvalue weighted by Gasteiger charge is -2.46. The first kappa shape index (κ1) is 80.6. The maximum atomic E-state index is 5.83. The number of anilines is 6. The second-order valence-corrected chi connectivity index (χ2v) is 41.5. The predicted octanol–water partition coefficient (Wildman–Crippen LogP) is 29.5. The molecular weight excluding hydrogens is 1480 g/mol. The molecule has 0 saturated heterocycles. The van der Waals surface area contributed by atoms with E-state index in [1.54, 1.807) is 0 Å². The molecule has 14 aromatic carbocycles. The van der Waals surface area contributed by atoms with Crippen molar-refractivity contribution in [1.29, 1.82) is 0 Å². The van der Waals surface area contributed by atoms with E-state index in [1.165, 1.54) is 77.1 Å². The second kappa shape index (κ2) is 29.7. The maximum Gasteiger partial charge on any atom is 0.252 e. The molecule has 0 amide bonds. The Balaban J connectivity index is 1.06. The quantitative estimate of drug-likeness (QED) is 0.121. The number of aromatic nitrogens is 4. The van der Waals surface area contributed by atoms with Gasteiger partial charge < -0.3 is 14.4 Å². The van der Waals surface area contributed by atoms with Crippen LogP contribution < -0.4 is 26.2 Å². The Bertz CT molecular complexity index is 6540. The Kier molecular flexibility index (Phi) is 19.6. The molecule has 0 unspecified atom stereocenters. The van der Waals surface area contributed by atoms with Gasteiger partial charge in [-0.3, -0.25) is 0 Å². The molecule has 7 heteroatoms. The fraction of sp³-hybridized carbons (Fsp3) is 0.243. The molecule has 2 aromatic heterocycles. The van der Waals surface area contributed by atoms with Crippen molar-refractivity contribution in [2.45, 2.75) is 183 Å². The Morgan fingerprint density at radius 2 is 0.541 bits per heavy atom. The summed E-state index contributed by atoms with van der Waals surface area (Å²) in [4.78, 5) is 22.5. The lowest BCUT2D eigenvalue weighted by atomic mass is 9.33. The Morgan fingerprint density at radius 1 is 0.221 bits per heavy atom. The third kappa shape index (κ3) is 14.8. The van der Waals surface area contributed by atoms with Gasteiger partial charge in [0.05, 0.1) is 22.4 Å². The molecule has 0 N–H and O–H groups in total. The minimum absolute atomic E-state index is 0.0885. The van der Waals surface area contributed by atoms with E-state index in [-0.39, 0.29) is 44.6 Å². The van der Waals surface area contributed by atoms with Crippen LogP contribution in [0.4, 0.5) is 34.1 Å². The molecule has 2 aliphatic rings. The van der Waals surface area contributed by atoms with E-state index in [2.05, 4.69) is 463 Å². The molecule has 0 spiro atoms. The van der Waals surface area contributed by atoms with Crippen LogP contribution in [0.3, 0.4) is 0 Å². The van der Waals surface area contributed by atoms with Gasteiger partial charge in [0.25, 0.3) is 6.71 Å². The summed E-state index contributed by atoms with van der Waals surface area (Å²) in [6.45, 7) is 48.9. The normalized spacial score (nSPS) is 13.2. The lowest BCUT2D eigenvalue weighted by molar-refractivity contribution is 0.569. The highest BCUT2D eigenvalue weighted by Crippen LogP contribution is 2.57. The molecular formula is C115H113BN6. The van der Waals surface area contributed by atoms with Crippen LogP contribution in [0.1, 0.15) is 184 Å². The number of benzene rings is 14. The number of rotatable bonds is 11. The van der Waals surface area contributed by atoms with Crippen LogP contribution in [0.5, 0.6) is 0 Å². The molecule has 2 aliphatic heterocycles. The molecule has 16 aromatic rings. The zero-order valence-corrected chi connectivity index (χ0v) is 75.1. The zero-order valence-electron chi connectivity index (χ0n) is 75.1. The molecule has 606 valence electrons. The highest BCUT2D eigenvalue weighted by atomic mass is 15.2. The fourth-order valence-corrected chi connectivity index (χ4v) is 18.2. The predicted molar refractivity (Wildman–Crippen MR) is 523 cm³/mol. The summed E-state index contributed by atoms with van der Waals surface area (Å²) in [5.74, 6) is 1.75. The second-order valence-electron chi connectivity index (χ2n) is 41.5. The van der Waals surface area contributed by atoms with E-state index in [4.69, 9.17) is 15.0 Å². The minimum atomic E-state index is -0.352. The van der Waals surface area contributed by atoms with Crippen molar-refractivity contribution in [3.05, 3.63) is 342 Å². The van der Waals surface area contributed by atoms with Gasteiger partial charge in [-0.15, -0.1) is 0 Å². The summed E-state index contributed by atoms with van der Waals surface area (Å²) < 4.78 is 2.57. The largest absolute Gasteiger partial charge is 0.310 e. The van der Waals surface area contributed by atoms with E-state index in [1.807, 2.05) is 0 Å². The SMILES string of the molecule is CC(C)(C)c1cccc(-c2cc3c4c(c2)N(c2c(-c5ccccc5)cc(C(C)(C)C)cc2-c2nc(-c5ccccc5)nc(-c5ccccc5)n2)c2cc(-c5cc(C(C)(C)C)cc(C(C)(C)C)c5)ccc2B4c2ccc(-n4c5ccc(C(C)(C)C)cc5c5cc(C(C)(C)C)ccc54)cc2N3c2c(-c3ccccc3)cc(C(C)(C)C)cc2-c2ccccc2)c1. The fourth-order valence-electron chi connectivity index (χ4n) is 18.2.